The summed E-state index contributed by atoms with van der Waals surface area (Å²) in [4.78, 5) is 33.9. The minimum atomic E-state index is -0.617. The van der Waals surface area contributed by atoms with Crippen LogP contribution in [0, 0.1) is 6.92 Å². The first kappa shape index (κ1) is 23.3. The van der Waals surface area contributed by atoms with Crippen LogP contribution in [-0.2, 0) is 14.3 Å². The zero-order valence-corrected chi connectivity index (χ0v) is 20.8. The van der Waals surface area contributed by atoms with Crippen molar-refractivity contribution in [3.8, 4) is 0 Å². The summed E-state index contributed by atoms with van der Waals surface area (Å²) in [6.07, 6.45) is 1.74. The van der Waals surface area contributed by atoms with Crippen molar-refractivity contribution in [2.45, 2.75) is 26.8 Å². The molecule has 0 N–H and O–H groups in total. The molecule has 4 heterocycles. The van der Waals surface area contributed by atoms with Gasteiger partial charge in [-0.2, -0.15) is 0 Å². The van der Waals surface area contributed by atoms with Gasteiger partial charge in [0.15, 0.2) is 10.7 Å². The highest BCUT2D eigenvalue weighted by Crippen LogP contribution is 2.31. The lowest BCUT2D eigenvalue weighted by atomic mass is 9.95. The molecule has 9 heteroatoms. The first-order valence-electron chi connectivity index (χ1n) is 11.6. The fraction of sp³-hybridized carbons (Fsp3) is 0.346. The van der Waals surface area contributed by atoms with E-state index in [1.54, 1.807) is 24.5 Å². The predicted octanol–water partition coefficient (Wildman–Crippen LogP) is 2.54. The number of furan rings is 1. The van der Waals surface area contributed by atoms with Crippen molar-refractivity contribution < 1.29 is 18.7 Å². The number of benzene rings is 1. The van der Waals surface area contributed by atoms with E-state index in [9.17, 15) is 9.59 Å². The highest BCUT2D eigenvalue weighted by atomic mass is 32.1. The van der Waals surface area contributed by atoms with E-state index in [1.807, 2.05) is 43.3 Å². The van der Waals surface area contributed by atoms with Gasteiger partial charge in [0.2, 0.25) is 0 Å². The molecule has 0 amide bonds. The van der Waals surface area contributed by atoms with Crippen molar-refractivity contribution in [1.82, 2.24) is 4.57 Å². The number of rotatable bonds is 5. The van der Waals surface area contributed by atoms with Gasteiger partial charge in [0.05, 0.1) is 41.7 Å². The average Bonchev–Trinajstić information content (AvgIpc) is 3.44. The van der Waals surface area contributed by atoms with Crippen LogP contribution in [-0.4, -0.2) is 43.4 Å². The monoisotopic (exact) mass is 493 g/mol. The number of morpholine rings is 1. The molecule has 5 rings (SSSR count). The highest BCUT2D eigenvalue weighted by Gasteiger charge is 2.33. The van der Waals surface area contributed by atoms with Crippen LogP contribution >= 0.6 is 11.3 Å². The Hall–Kier alpha value is -3.43. The molecular weight excluding hydrogens is 466 g/mol. The number of nitrogens with zero attached hydrogens (tertiary/aromatic N) is 3. The van der Waals surface area contributed by atoms with Crippen molar-refractivity contribution in [3.63, 3.8) is 0 Å². The number of aromatic nitrogens is 1. The van der Waals surface area contributed by atoms with Crippen molar-refractivity contribution in [3.05, 3.63) is 84.2 Å². The summed E-state index contributed by atoms with van der Waals surface area (Å²) >= 11 is 1.28. The lowest BCUT2D eigenvalue weighted by Crippen LogP contribution is -2.39. The van der Waals surface area contributed by atoms with Gasteiger partial charge in [0.25, 0.3) is 5.56 Å². The Morgan fingerprint density at radius 1 is 1.17 bits per heavy atom. The number of aryl methyl sites for hydroxylation is 1. The molecule has 3 aromatic rings. The maximum absolute atomic E-state index is 13.6. The molecule has 0 saturated carbocycles. The fourth-order valence-electron chi connectivity index (χ4n) is 4.36. The van der Waals surface area contributed by atoms with Crippen LogP contribution in [0.2, 0.25) is 0 Å². The number of fused-ring (bicyclic) bond motifs is 1. The lowest BCUT2D eigenvalue weighted by Gasteiger charge is -2.26. The number of thiazole rings is 1. The smallest absolute Gasteiger partial charge is 0.338 e. The molecule has 2 aliphatic rings. The van der Waals surface area contributed by atoms with Gasteiger partial charge < -0.3 is 18.8 Å². The molecule has 2 aliphatic heterocycles. The second-order valence-electron chi connectivity index (χ2n) is 8.49. The maximum Gasteiger partial charge on any atom is 0.338 e. The SMILES string of the molecule is CCOC(=O)C1=C(C)N=c2s/c(=C/c3ccc(N4CCOCC4)o3)c(=O)n2[C@H]1c1ccc(C)cc1. The summed E-state index contributed by atoms with van der Waals surface area (Å²) in [5.41, 5.74) is 2.62. The largest absolute Gasteiger partial charge is 0.463 e. The zero-order chi connectivity index (χ0) is 24.5. The zero-order valence-electron chi connectivity index (χ0n) is 19.9. The van der Waals surface area contributed by atoms with E-state index in [2.05, 4.69) is 9.89 Å². The van der Waals surface area contributed by atoms with E-state index in [0.717, 1.165) is 30.1 Å². The van der Waals surface area contributed by atoms with Gasteiger partial charge in [-0.1, -0.05) is 41.2 Å². The molecule has 1 saturated heterocycles. The maximum atomic E-state index is 13.6. The van der Waals surface area contributed by atoms with Crippen molar-refractivity contribution in [1.29, 1.82) is 0 Å². The first-order chi connectivity index (χ1) is 17.0. The second kappa shape index (κ2) is 9.67. The van der Waals surface area contributed by atoms with Gasteiger partial charge in [0, 0.05) is 25.2 Å². The van der Waals surface area contributed by atoms with Crippen LogP contribution in [0.1, 0.15) is 36.8 Å². The summed E-state index contributed by atoms with van der Waals surface area (Å²) in [5, 5.41) is 0. The topological polar surface area (TPSA) is 86.3 Å². The van der Waals surface area contributed by atoms with Crippen molar-refractivity contribution in [2.24, 2.45) is 4.99 Å². The molecule has 0 aliphatic carbocycles. The Bertz CT molecular complexity index is 1460. The van der Waals surface area contributed by atoms with Crippen LogP contribution < -0.4 is 19.8 Å². The molecule has 0 bridgehead atoms. The molecule has 0 spiro atoms. The highest BCUT2D eigenvalue weighted by molar-refractivity contribution is 7.07. The summed E-state index contributed by atoms with van der Waals surface area (Å²) < 4.78 is 18.8. The van der Waals surface area contributed by atoms with Gasteiger partial charge in [-0.15, -0.1) is 0 Å². The van der Waals surface area contributed by atoms with E-state index in [1.165, 1.54) is 11.3 Å². The standard InChI is InChI=1S/C26H27N3O5S/c1-4-33-25(31)22-17(3)27-26-29(23(22)18-7-5-16(2)6-8-18)24(30)20(35-26)15-19-9-10-21(34-19)28-11-13-32-14-12-28/h5-10,15,23H,4,11-14H2,1-3H3/b20-15+/t23-/m0/s1. The summed E-state index contributed by atoms with van der Waals surface area (Å²) in [7, 11) is 0. The summed E-state index contributed by atoms with van der Waals surface area (Å²) in [6, 6.07) is 11.0. The van der Waals surface area contributed by atoms with Gasteiger partial charge in [-0.25, -0.2) is 9.79 Å². The molecule has 1 fully saturated rings. The third kappa shape index (κ3) is 4.49. The van der Waals surface area contributed by atoms with E-state index >= 15 is 0 Å². The molecule has 8 nitrogen and oxygen atoms in total. The molecule has 1 aromatic carbocycles. The number of allylic oxidation sites excluding steroid dienone is 1. The molecule has 1 atom stereocenters. The Labute approximate surface area is 206 Å². The van der Waals surface area contributed by atoms with E-state index < -0.39 is 12.0 Å². The van der Waals surface area contributed by atoms with Crippen LogP contribution in [0.4, 0.5) is 5.88 Å². The second-order valence-corrected chi connectivity index (χ2v) is 9.50. The minimum absolute atomic E-state index is 0.224. The fourth-order valence-corrected chi connectivity index (χ4v) is 5.39. The summed E-state index contributed by atoms with van der Waals surface area (Å²) in [5.74, 6) is 0.880. The normalized spacial score (nSPS) is 18.4. The van der Waals surface area contributed by atoms with Crippen LogP contribution in [0.15, 0.2) is 61.9 Å². The Morgan fingerprint density at radius 3 is 2.63 bits per heavy atom. The number of hydrogen-bond donors (Lipinski definition) is 0. The van der Waals surface area contributed by atoms with Crippen LogP contribution in [0.25, 0.3) is 6.08 Å². The molecule has 2 aromatic heterocycles. The molecule has 35 heavy (non-hydrogen) atoms. The van der Waals surface area contributed by atoms with E-state index in [0.29, 0.717) is 39.6 Å². The first-order valence-corrected chi connectivity index (χ1v) is 12.5. The van der Waals surface area contributed by atoms with Gasteiger partial charge in [-0.05, 0) is 32.4 Å². The molecular formula is C26H27N3O5S. The third-order valence-electron chi connectivity index (χ3n) is 6.12. The van der Waals surface area contributed by atoms with Gasteiger partial charge in [0.1, 0.15) is 5.76 Å². The minimum Gasteiger partial charge on any atom is -0.463 e. The number of carbonyl (C=O) groups is 1. The van der Waals surface area contributed by atoms with E-state index in [-0.39, 0.29) is 12.2 Å². The van der Waals surface area contributed by atoms with Gasteiger partial charge >= 0.3 is 5.97 Å². The van der Waals surface area contributed by atoms with Crippen LogP contribution in [0.3, 0.4) is 0 Å². The average molecular weight is 494 g/mol. The third-order valence-corrected chi connectivity index (χ3v) is 7.10. The van der Waals surface area contributed by atoms with Crippen molar-refractivity contribution >= 4 is 29.3 Å². The number of anilines is 1. The van der Waals surface area contributed by atoms with Crippen LogP contribution in [0.5, 0.6) is 0 Å². The number of carbonyl (C=O) groups excluding carboxylic acids is 1. The van der Waals surface area contributed by atoms with Gasteiger partial charge in [-0.3, -0.25) is 9.36 Å². The molecule has 0 radical (unpaired) electrons. The number of esters is 1. The van der Waals surface area contributed by atoms with E-state index in [4.69, 9.17) is 13.9 Å². The Kier molecular flexibility index (Phi) is 6.44. The quantitative estimate of drug-likeness (QED) is 0.508. The predicted molar refractivity (Wildman–Crippen MR) is 133 cm³/mol. The summed E-state index contributed by atoms with van der Waals surface area (Å²) in [6.45, 7) is 8.64. The lowest BCUT2D eigenvalue weighted by molar-refractivity contribution is -0.139. The molecule has 182 valence electrons. The number of hydrogen-bond acceptors (Lipinski definition) is 8. The Balaban J connectivity index is 1.60. The molecule has 0 unspecified atom stereocenters. The Morgan fingerprint density at radius 2 is 1.91 bits per heavy atom. The number of ether oxygens (including phenoxy) is 2. The van der Waals surface area contributed by atoms with Crippen molar-refractivity contribution in [2.75, 3.05) is 37.8 Å².